The number of amides is 1. The highest BCUT2D eigenvalue weighted by Crippen LogP contribution is 2.11. The Balaban J connectivity index is 2.49. The smallest absolute Gasteiger partial charge is 0.222 e. The summed E-state index contributed by atoms with van der Waals surface area (Å²) < 4.78 is 5.52. The van der Waals surface area contributed by atoms with E-state index in [-0.39, 0.29) is 18.1 Å². The van der Waals surface area contributed by atoms with Crippen molar-refractivity contribution in [3.05, 3.63) is 0 Å². The second kappa shape index (κ2) is 3.90. The zero-order chi connectivity index (χ0) is 9.14. The molecule has 12 heavy (non-hydrogen) atoms. The Morgan fingerprint density at radius 3 is 2.33 bits per heavy atom. The highest BCUT2D eigenvalue weighted by atomic mass is 16.5. The van der Waals surface area contributed by atoms with Gasteiger partial charge in [-0.05, 0) is 13.8 Å². The lowest BCUT2D eigenvalue weighted by molar-refractivity contribution is -0.142. The second-order valence-corrected chi connectivity index (χ2v) is 3.41. The minimum Gasteiger partial charge on any atom is -0.372 e. The first-order valence-electron chi connectivity index (χ1n) is 4.56. The van der Waals surface area contributed by atoms with Crippen LogP contribution in [0.1, 0.15) is 27.2 Å². The maximum atomic E-state index is 11.3. The zero-order valence-electron chi connectivity index (χ0n) is 8.04. The van der Waals surface area contributed by atoms with E-state index in [0.717, 1.165) is 13.1 Å². The summed E-state index contributed by atoms with van der Waals surface area (Å²) in [6.07, 6.45) is 0.966. The molecule has 0 N–H and O–H groups in total. The van der Waals surface area contributed by atoms with Gasteiger partial charge in [0.2, 0.25) is 5.91 Å². The monoisotopic (exact) mass is 171 g/mol. The van der Waals surface area contributed by atoms with E-state index in [1.54, 1.807) is 0 Å². The molecule has 1 fully saturated rings. The Bertz CT molecular complexity index is 160. The summed E-state index contributed by atoms with van der Waals surface area (Å²) in [6.45, 7) is 7.40. The van der Waals surface area contributed by atoms with Crippen molar-refractivity contribution in [3.63, 3.8) is 0 Å². The van der Waals surface area contributed by atoms with Gasteiger partial charge in [0, 0.05) is 19.5 Å². The van der Waals surface area contributed by atoms with Crippen LogP contribution in [0, 0.1) is 0 Å². The Morgan fingerprint density at radius 2 is 1.92 bits per heavy atom. The average molecular weight is 171 g/mol. The summed E-state index contributed by atoms with van der Waals surface area (Å²) in [6, 6.07) is 0. The number of carbonyl (C=O) groups excluding carboxylic acids is 1. The molecule has 3 nitrogen and oxygen atoms in total. The van der Waals surface area contributed by atoms with Crippen LogP contribution < -0.4 is 0 Å². The molecule has 1 amide bonds. The van der Waals surface area contributed by atoms with Crippen LogP contribution in [0.3, 0.4) is 0 Å². The fraction of sp³-hybridized carbons (Fsp3) is 0.889. The Kier molecular flexibility index (Phi) is 3.09. The van der Waals surface area contributed by atoms with Gasteiger partial charge in [0.1, 0.15) is 0 Å². The molecule has 0 aliphatic carbocycles. The number of ether oxygens (including phenoxy) is 1. The Labute approximate surface area is 73.7 Å². The van der Waals surface area contributed by atoms with Crippen molar-refractivity contribution in [2.75, 3.05) is 13.1 Å². The highest BCUT2D eigenvalue weighted by Gasteiger charge is 2.24. The zero-order valence-corrected chi connectivity index (χ0v) is 8.04. The summed E-state index contributed by atoms with van der Waals surface area (Å²) in [5.74, 6) is 0.233. The van der Waals surface area contributed by atoms with Crippen molar-refractivity contribution in [3.8, 4) is 0 Å². The number of nitrogens with zero attached hydrogens (tertiary/aromatic N) is 1. The van der Waals surface area contributed by atoms with E-state index in [4.69, 9.17) is 4.74 Å². The largest absolute Gasteiger partial charge is 0.372 e. The highest BCUT2D eigenvalue weighted by molar-refractivity contribution is 5.75. The lowest BCUT2D eigenvalue weighted by Crippen LogP contribution is -2.47. The third kappa shape index (κ3) is 2.21. The van der Waals surface area contributed by atoms with Gasteiger partial charge in [-0.15, -0.1) is 0 Å². The SMILES string of the molecule is CCC(=O)N1C[C@@H](C)O[C@@H](C)C1. The molecular weight excluding hydrogens is 154 g/mol. The summed E-state index contributed by atoms with van der Waals surface area (Å²) in [5, 5.41) is 0. The molecule has 70 valence electrons. The van der Waals surface area contributed by atoms with Crippen molar-refractivity contribution in [2.45, 2.75) is 39.4 Å². The van der Waals surface area contributed by atoms with Crippen molar-refractivity contribution in [1.82, 2.24) is 4.90 Å². The molecule has 1 heterocycles. The molecule has 0 aromatic heterocycles. The summed E-state index contributed by atoms with van der Waals surface area (Å²) in [4.78, 5) is 13.2. The number of rotatable bonds is 1. The minimum absolute atomic E-state index is 0.184. The van der Waals surface area contributed by atoms with Gasteiger partial charge in [-0.2, -0.15) is 0 Å². The normalized spacial score (nSPS) is 30.4. The van der Waals surface area contributed by atoms with E-state index < -0.39 is 0 Å². The molecule has 0 aromatic rings. The molecule has 1 rings (SSSR count). The third-order valence-corrected chi connectivity index (χ3v) is 2.07. The molecule has 0 unspecified atom stereocenters. The van der Waals surface area contributed by atoms with Crippen molar-refractivity contribution in [1.29, 1.82) is 0 Å². The quantitative estimate of drug-likeness (QED) is 0.589. The lowest BCUT2D eigenvalue weighted by Gasteiger charge is -2.35. The first-order chi connectivity index (χ1) is 5.63. The Hall–Kier alpha value is -0.570. The van der Waals surface area contributed by atoms with Gasteiger partial charge in [0.05, 0.1) is 12.2 Å². The van der Waals surface area contributed by atoms with E-state index in [2.05, 4.69) is 0 Å². The van der Waals surface area contributed by atoms with Crippen LogP contribution in [0.4, 0.5) is 0 Å². The molecule has 0 aromatic carbocycles. The predicted molar refractivity (Wildman–Crippen MR) is 46.9 cm³/mol. The molecule has 0 spiro atoms. The molecule has 1 aliphatic heterocycles. The molecule has 0 radical (unpaired) electrons. The molecule has 0 saturated carbocycles. The molecule has 0 bridgehead atoms. The summed E-state index contributed by atoms with van der Waals surface area (Å²) in [5.41, 5.74) is 0. The summed E-state index contributed by atoms with van der Waals surface area (Å²) >= 11 is 0. The van der Waals surface area contributed by atoms with Crippen LogP contribution in [0.5, 0.6) is 0 Å². The van der Waals surface area contributed by atoms with Gasteiger partial charge in [0.25, 0.3) is 0 Å². The molecule has 1 aliphatic rings. The molecule has 3 heteroatoms. The second-order valence-electron chi connectivity index (χ2n) is 3.41. The van der Waals surface area contributed by atoms with Gasteiger partial charge in [-0.1, -0.05) is 6.92 Å². The van der Waals surface area contributed by atoms with E-state index in [9.17, 15) is 4.79 Å². The van der Waals surface area contributed by atoms with E-state index in [1.807, 2.05) is 25.7 Å². The third-order valence-electron chi connectivity index (χ3n) is 2.07. The van der Waals surface area contributed by atoms with Crippen LogP contribution in [-0.2, 0) is 9.53 Å². The van der Waals surface area contributed by atoms with Crippen LogP contribution in [0.25, 0.3) is 0 Å². The van der Waals surface area contributed by atoms with Crippen LogP contribution in [0.2, 0.25) is 0 Å². The van der Waals surface area contributed by atoms with Gasteiger partial charge >= 0.3 is 0 Å². The van der Waals surface area contributed by atoms with Crippen molar-refractivity contribution in [2.24, 2.45) is 0 Å². The van der Waals surface area contributed by atoms with E-state index in [1.165, 1.54) is 0 Å². The summed E-state index contributed by atoms with van der Waals surface area (Å²) in [7, 11) is 0. The standard InChI is InChI=1S/C9H17NO2/c1-4-9(11)10-5-7(2)12-8(3)6-10/h7-8H,4-6H2,1-3H3/t7-,8+. The van der Waals surface area contributed by atoms with Crippen molar-refractivity contribution >= 4 is 5.91 Å². The molecule has 1 saturated heterocycles. The fourth-order valence-electron chi connectivity index (χ4n) is 1.61. The number of hydrogen-bond acceptors (Lipinski definition) is 2. The van der Waals surface area contributed by atoms with Crippen molar-refractivity contribution < 1.29 is 9.53 Å². The van der Waals surface area contributed by atoms with E-state index in [0.29, 0.717) is 6.42 Å². The van der Waals surface area contributed by atoms with Gasteiger partial charge in [0.15, 0.2) is 0 Å². The van der Waals surface area contributed by atoms with Gasteiger partial charge < -0.3 is 9.64 Å². The number of carbonyl (C=O) groups is 1. The van der Waals surface area contributed by atoms with E-state index >= 15 is 0 Å². The lowest BCUT2D eigenvalue weighted by atomic mass is 10.2. The fourth-order valence-corrected chi connectivity index (χ4v) is 1.61. The van der Waals surface area contributed by atoms with Crippen LogP contribution in [-0.4, -0.2) is 36.1 Å². The maximum Gasteiger partial charge on any atom is 0.222 e. The molecule has 2 atom stereocenters. The van der Waals surface area contributed by atoms with Crippen LogP contribution >= 0.6 is 0 Å². The molecular formula is C9H17NO2. The maximum absolute atomic E-state index is 11.3. The average Bonchev–Trinajstić information content (AvgIpc) is 2.01. The topological polar surface area (TPSA) is 29.5 Å². The first-order valence-corrected chi connectivity index (χ1v) is 4.56. The van der Waals surface area contributed by atoms with Gasteiger partial charge in [-0.3, -0.25) is 4.79 Å². The predicted octanol–water partition coefficient (Wildman–Crippen LogP) is 1.03. The first kappa shape index (κ1) is 9.52. The Morgan fingerprint density at radius 1 is 1.42 bits per heavy atom. The van der Waals surface area contributed by atoms with Gasteiger partial charge in [-0.25, -0.2) is 0 Å². The number of hydrogen-bond donors (Lipinski definition) is 0. The number of morpholine rings is 1. The minimum atomic E-state index is 0.184. The van der Waals surface area contributed by atoms with Crippen LogP contribution in [0.15, 0.2) is 0 Å².